The normalized spacial score (nSPS) is 19.7. The number of rotatable bonds is 5. The lowest BCUT2D eigenvalue weighted by Crippen LogP contribution is -2.33. The van der Waals surface area contributed by atoms with Crippen molar-refractivity contribution >= 4 is 84.1 Å². The number of halogens is 5. The highest BCUT2D eigenvalue weighted by atomic mass is 79.9. The second-order valence-electron chi connectivity index (χ2n) is 9.80. The minimum Gasteiger partial charge on any atom is -0.324 e. The first-order valence-corrected chi connectivity index (χ1v) is 16.0. The fourth-order valence-electron chi connectivity index (χ4n) is 5.30. The Morgan fingerprint density at radius 3 is 2.16 bits per heavy atom. The topological polar surface area (TPSA) is 88.5 Å². The summed E-state index contributed by atoms with van der Waals surface area (Å²) < 4.78 is 43.2. The van der Waals surface area contributed by atoms with E-state index >= 15 is 0 Å². The molecule has 0 aliphatic carbocycles. The summed E-state index contributed by atoms with van der Waals surface area (Å²) in [5.74, 6) is -3.19. The van der Waals surface area contributed by atoms with Gasteiger partial charge in [0.15, 0.2) is 0 Å². The molecule has 1 fully saturated rings. The average molecular weight is 753 g/mol. The SMILES string of the molecule is O=C(Cn1c2c(sc1=O)C(c1ccc(Br)cc1)C1C(=O)N(c3ccc(Br)cc3)C(=O)C1S2)Nc1ccccc1C(F)(F)F. The van der Waals surface area contributed by atoms with Crippen molar-refractivity contribution in [2.24, 2.45) is 5.92 Å². The number of nitrogens with one attached hydrogen (secondary N) is 1. The number of anilines is 2. The molecule has 3 atom stereocenters. The number of fused-ring (bicyclic) bond motifs is 2. The summed E-state index contributed by atoms with van der Waals surface area (Å²) in [6, 6.07) is 18.5. The van der Waals surface area contributed by atoms with Gasteiger partial charge in [-0.1, -0.05) is 79.2 Å². The predicted molar refractivity (Wildman–Crippen MR) is 164 cm³/mol. The van der Waals surface area contributed by atoms with Crippen molar-refractivity contribution in [1.29, 1.82) is 0 Å². The molecule has 1 saturated heterocycles. The highest BCUT2D eigenvalue weighted by Crippen LogP contribution is 2.54. The van der Waals surface area contributed by atoms with Crippen molar-refractivity contribution in [3.63, 3.8) is 0 Å². The van der Waals surface area contributed by atoms with Gasteiger partial charge in [0.25, 0.3) is 0 Å². The van der Waals surface area contributed by atoms with Gasteiger partial charge in [0.1, 0.15) is 11.8 Å². The van der Waals surface area contributed by atoms with Crippen LogP contribution in [0.4, 0.5) is 24.5 Å². The summed E-state index contributed by atoms with van der Waals surface area (Å²) in [6.45, 7) is -0.577. The Morgan fingerprint density at radius 2 is 1.51 bits per heavy atom. The molecule has 0 spiro atoms. The number of imide groups is 1. The number of para-hydroxylation sites is 1. The molecule has 1 N–H and O–H groups in total. The van der Waals surface area contributed by atoms with Crippen LogP contribution in [0.2, 0.25) is 0 Å². The van der Waals surface area contributed by atoms with Crippen LogP contribution in [-0.4, -0.2) is 27.5 Å². The first-order valence-electron chi connectivity index (χ1n) is 12.7. The zero-order valence-electron chi connectivity index (χ0n) is 21.6. The van der Waals surface area contributed by atoms with Crippen molar-refractivity contribution in [2.45, 2.75) is 28.9 Å². The van der Waals surface area contributed by atoms with Gasteiger partial charge in [-0.2, -0.15) is 13.2 Å². The molecule has 4 aromatic rings. The molecule has 7 nitrogen and oxygen atoms in total. The van der Waals surface area contributed by atoms with Crippen molar-refractivity contribution < 1.29 is 27.6 Å². The minimum absolute atomic E-state index is 0.335. The molecule has 3 heterocycles. The summed E-state index contributed by atoms with van der Waals surface area (Å²) in [6.07, 6.45) is -4.69. The van der Waals surface area contributed by atoms with Gasteiger partial charge in [-0.15, -0.1) is 0 Å². The number of aromatic nitrogens is 1. The Morgan fingerprint density at radius 1 is 0.884 bits per heavy atom. The second-order valence-corrected chi connectivity index (χ2v) is 13.8. The third kappa shape index (κ3) is 5.49. The van der Waals surface area contributed by atoms with Crippen LogP contribution in [0, 0.1) is 5.92 Å². The average Bonchev–Trinajstić information content (AvgIpc) is 3.40. The molecule has 220 valence electrons. The summed E-state index contributed by atoms with van der Waals surface area (Å²) in [5, 5.41) is 1.71. The quantitative estimate of drug-likeness (QED) is 0.225. The van der Waals surface area contributed by atoms with E-state index in [0.717, 1.165) is 49.1 Å². The van der Waals surface area contributed by atoms with E-state index in [1.54, 1.807) is 48.5 Å². The molecule has 2 aliphatic rings. The summed E-state index contributed by atoms with van der Waals surface area (Å²) in [7, 11) is 0. The number of hydrogen-bond donors (Lipinski definition) is 1. The summed E-state index contributed by atoms with van der Waals surface area (Å²) in [5.41, 5.74) is -0.334. The van der Waals surface area contributed by atoms with Crippen molar-refractivity contribution in [1.82, 2.24) is 4.57 Å². The van der Waals surface area contributed by atoms with Crippen molar-refractivity contribution in [2.75, 3.05) is 10.2 Å². The molecule has 43 heavy (non-hydrogen) atoms. The number of amides is 3. The molecule has 14 heteroatoms. The molecular formula is C29H18Br2F3N3O4S2. The first-order chi connectivity index (χ1) is 20.4. The van der Waals surface area contributed by atoms with E-state index in [4.69, 9.17) is 0 Å². The van der Waals surface area contributed by atoms with Crippen LogP contribution >= 0.6 is 55.0 Å². The molecule has 0 saturated carbocycles. The minimum atomic E-state index is -4.69. The van der Waals surface area contributed by atoms with E-state index in [1.165, 1.54) is 16.7 Å². The molecule has 1 aromatic heterocycles. The standard InChI is InChI=1S/C29H18Br2F3N3O4S2/c30-15-7-5-14(6-8-15)21-22-23(26(40)37(25(22)39)17-11-9-16(31)10-12-17)42-27-24(21)43-28(41)36(27)13-20(38)35-19-4-2-1-3-18(19)29(32,33)34/h1-12,21-23H,13H2,(H,35,38). The molecule has 0 bridgehead atoms. The molecular weight excluding hydrogens is 735 g/mol. The van der Waals surface area contributed by atoms with Gasteiger partial charge in [0, 0.05) is 19.7 Å². The lowest BCUT2D eigenvalue weighted by atomic mass is 9.83. The highest BCUT2D eigenvalue weighted by molar-refractivity contribution is 9.10. The Bertz CT molecular complexity index is 1820. The van der Waals surface area contributed by atoms with Crippen LogP contribution in [0.3, 0.4) is 0 Å². The van der Waals surface area contributed by atoms with Crippen molar-refractivity contribution in [3.8, 4) is 0 Å². The van der Waals surface area contributed by atoms with Gasteiger partial charge in [-0.3, -0.25) is 23.7 Å². The zero-order chi connectivity index (χ0) is 30.6. The summed E-state index contributed by atoms with van der Waals surface area (Å²) >= 11 is 8.65. The van der Waals surface area contributed by atoms with E-state index in [9.17, 15) is 32.3 Å². The number of carbonyl (C=O) groups excluding carboxylic acids is 3. The van der Waals surface area contributed by atoms with Crippen LogP contribution in [0.15, 0.2) is 91.6 Å². The van der Waals surface area contributed by atoms with Gasteiger partial charge < -0.3 is 5.32 Å². The molecule has 6 rings (SSSR count). The number of hydrogen-bond acceptors (Lipinski definition) is 6. The van der Waals surface area contributed by atoms with Crippen molar-refractivity contribution in [3.05, 3.63) is 107 Å². The Hall–Kier alpha value is -3.20. The van der Waals surface area contributed by atoms with Crippen LogP contribution < -0.4 is 15.1 Å². The van der Waals surface area contributed by atoms with Gasteiger partial charge in [0.2, 0.25) is 17.7 Å². The van der Waals surface area contributed by atoms with Crippen LogP contribution in [0.1, 0.15) is 21.9 Å². The third-order valence-corrected chi connectivity index (χ3v) is 10.8. The maximum Gasteiger partial charge on any atom is 0.418 e. The first kappa shape index (κ1) is 29.9. The van der Waals surface area contributed by atoms with Gasteiger partial charge in [-0.25, -0.2) is 4.90 Å². The maximum absolute atomic E-state index is 13.9. The number of nitrogens with zero attached hydrogens (tertiary/aromatic N) is 2. The number of thioether (sulfide) groups is 1. The predicted octanol–water partition coefficient (Wildman–Crippen LogP) is 6.89. The Balaban J connectivity index is 1.39. The van der Waals surface area contributed by atoms with E-state index in [2.05, 4.69) is 37.2 Å². The fourth-order valence-corrected chi connectivity index (χ4v) is 8.60. The number of thiazole rings is 1. The lowest BCUT2D eigenvalue weighted by molar-refractivity contribution is -0.137. The largest absolute Gasteiger partial charge is 0.418 e. The molecule has 3 aromatic carbocycles. The summed E-state index contributed by atoms with van der Waals surface area (Å²) in [4.78, 5) is 55.1. The molecule has 0 radical (unpaired) electrons. The number of benzene rings is 3. The maximum atomic E-state index is 13.9. The van der Waals surface area contributed by atoms with Gasteiger partial charge in [-0.05, 0) is 54.1 Å². The fraction of sp³-hybridized carbons (Fsp3) is 0.172. The van der Waals surface area contributed by atoms with E-state index in [-0.39, 0.29) is 0 Å². The molecule has 3 amide bonds. The Labute approximate surface area is 267 Å². The molecule has 3 unspecified atom stereocenters. The smallest absolute Gasteiger partial charge is 0.324 e. The van der Waals surface area contributed by atoms with Crippen LogP contribution in [0.5, 0.6) is 0 Å². The lowest BCUT2D eigenvalue weighted by Gasteiger charge is -2.30. The van der Waals surface area contributed by atoms with E-state index in [1.807, 2.05) is 0 Å². The van der Waals surface area contributed by atoms with Gasteiger partial charge in [0.05, 0.1) is 27.9 Å². The number of carbonyl (C=O) groups is 3. The second kappa shape index (κ2) is 11.4. The molecule has 2 aliphatic heterocycles. The van der Waals surface area contributed by atoms with E-state index < -0.39 is 63.7 Å². The van der Waals surface area contributed by atoms with E-state index in [0.29, 0.717) is 21.2 Å². The van der Waals surface area contributed by atoms with Crippen LogP contribution in [-0.2, 0) is 27.1 Å². The Kier molecular flexibility index (Phi) is 7.90. The zero-order valence-corrected chi connectivity index (χ0v) is 26.4. The van der Waals surface area contributed by atoms with Gasteiger partial charge >= 0.3 is 11.0 Å². The number of alkyl halides is 3. The monoisotopic (exact) mass is 751 g/mol. The highest BCUT2D eigenvalue weighted by Gasteiger charge is 2.56. The van der Waals surface area contributed by atoms with Crippen LogP contribution in [0.25, 0.3) is 0 Å². The third-order valence-electron chi connectivity index (χ3n) is 7.17.